The molecule has 84 valence electrons. The van der Waals surface area contributed by atoms with E-state index in [2.05, 4.69) is 33.2 Å². The fourth-order valence-corrected chi connectivity index (χ4v) is 1.90. The molecule has 2 rings (SSSR count). The minimum atomic E-state index is -0.285. The third-order valence-electron chi connectivity index (χ3n) is 2.35. The van der Waals surface area contributed by atoms with Crippen LogP contribution in [0.1, 0.15) is 13.3 Å². The quantitative estimate of drug-likeness (QED) is 0.922. The van der Waals surface area contributed by atoms with Crippen LogP contribution in [0.5, 0.6) is 0 Å². The SMILES string of the molecule is CCCNc1ccnc2cc(F)c(Br)cc12. The Morgan fingerprint density at radius 3 is 3.00 bits per heavy atom. The van der Waals surface area contributed by atoms with E-state index in [1.165, 1.54) is 6.07 Å². The molecule has 1 aromatic carbocycles. The topological polar surface area (TPSA) is 24.9 Å². The fraction of sp³-hybridized carbons (Fsp3) is 0.250. The van der Waals surface area contributed by atoms with Crippen molar-refractivity contribution in [3.8, 4) is 0 Å². The molecule has 0 unspecified atom stereocenters. The van der Waals surface area contributed by atoms with Crippen LogP contribution in [0.25, 0.3) is 10.9 Å². The Kier molecular flexibility index (Phi) is 3.39. The number of halogens is 2. The summed E-state index contributed by atoms with van der Waals surface area (Å²) >= 11 is 3.19. The van der Waals surface area contributed by atoms with Gasteiger partial charge in [0.05, 0.1) is 9.99 Å². The summed E-state index contributed by atoms with van der Waals surface area (Å²) in [7, 11) is 0. The van der Waals surface area contributed by atoms with Crippen LogP contribution in [0, 0.1) is 5.82 Å². The summed E-state index contributed by atoms with van der Waals surface area (Å²) in [6.07, 6.45) is 2.74. The van der Waals surface area contributed by atoms with Gasteiger partial charge in [0.25, 0.3) is 0 Å². The second-order valence-electron chi connectivity index (χ2n) is 3.57. The molecule has 0 bridgehead atoms. The molecule has 2 nitrogen and oxygen atoms in total. The predicted octanol–water partition coefficient (Wildman–Crippen LogP) is 3.96. The summed E-state index contributed by atoms with van der Waals surface area (Å²) in [6.45, 7) is 3.00. The normalized spacial score (nSPS) is 10.7. The van der Waals surface area contributed by atoms with Crippen LogP contribution in [-0.4, -0.2) is 11.5 Å². The molecule has 0 radical (unpaired) electrons. The Bertz CT molecular complexity index is 514. The van der Waals surface area contributed by atoms with Crippen LogP contribution in [0.4, 0.5) is 10.1 Å². The molecule has 0 saturated carbocycles. The van der Waals surface area contributed by atoms with E-state index in [1.807, 2.05) is 6.07 Å². The number of hydrogen-bond donors (Lipinski definition) is 1. The van der Waals surface area contributed by atoms with Crippen molar-refractivity contribution < 1.29 is 4.39 Å². The zero-order valence-corrected chi connectivity index (χ0v) is 10.5. The van der Waals surface area contributed by atoms with E-state index in [1.54, 1.807) is 12.3 Å². The van der Waals surface area contributed by atoms with Gasteiger partial charge in [-0.05, 0) is 34.5 Å². The van der Waals surface area contributed by atoms with Gasteiger partial charge in [-0.2, -0.15) is 0 Å². The molecule has 1 heterocycles. The lowest BCUT2D eigenvalue weighted by Gasteiger charge is -2.08. The van der Waals surface area contributed by atoms with E-state index in [9.17, 15) is 4.39 Å². The maximum atomic E-state index is 13.3. The number of benzene rings is 1. The van der Waals surface area contributed by atoms with E-state index in [4.69, 9.17) is 0 Å². The summed E-state index contributed by atoms with van der Waals surface area (Å²) in [5.41, 5.74) is 1.66. The molecule has 0 spiro atoms. The molecule has 0 aliphatic heterocycles. The Hall–Kier alpha value is -1.16. The van der Waals surface area contributed by atoms with Gasteiger partial charge in [-0.15, -0.1) is 0 Å². The lowest BCUT2D eigenvalue weighted by atomic mass is 10.2. The molecule has 4 heteroatoms. The van der Waals surface area contributed by atoms with Gasteiger partial charge in [0.2, 0.25) is 0 Å². The highest BCUT2D eigenvalue weighted by atomic mass is 79.9. The lowest BCUT2D eigenvalue weighted by molar-refractivity contribution is 0.623. The molecular weight excluding hydrogens is 271 g/mol. The number of hydrogen-bond acceptors (Lipinski definition) is 2. The van der Waals surface area contributed by atoms with Crippen LogP contribution < -0.4 is 5.32 Å². The van der Waals surface area contributed by atoms with E-state index < -0.39 is 0 Å². The van der Waals surface area contributed by atoms with Crippen LogP contribution in [0.15, 0.2) is 28.9 Å². The molecule has 0 atom stereocenters. The number of fused-ring (bicyclic) bond motifs is 1. The van der Waals surface area contributed by atoms with Gasteiger partial charge in [0.15, 0.2) is 0 Å². The molecule has 0 saturated heterocycles. The number of nitrogens with one attached hydrogen (secondary N) is 1. The van der Waals surface area contributed by atoms with Gasteiger partial charge in [0.1, 0.15) is 5.82 Å². The van der Waals surface area contributed by atoms with E-state index in [0.717, 1.165) is 24.0 Å². The molecule has 1 aromatic heterocycles. The van der Waals surface area contributed by atoms with Crippen molar-refractivity contribution in [1.82, 2.24) is 4.98 Å². The van der Waals surface area contributed by atoms with Crippen molar-refractivity contribution in [3.05, 3.63) is 34.7 Å². The molecule has 16 heavy (non-hydrogen) atoms. The Balaban J connectivity index is 2.53. The third kappa shape index (κ3) is 2.16. The number of pyridine rings is 1. The third-order valence-corrected chi connectivity index (χ3v) is 2.96. The first-order chi connectivity index (χ1) is 7.72. The summed E-state index contributed by atoms with van der Waals surface area (Å²) in [4.78, 5) is 4.15. The van der Waals surface area contributed by atoms with Gasteiger partial charge in [-0.1, -0.05) is 6.92 Å². The van der Waals surface area contributed by atoms with Gasteiger partial charge in [-0.25, -0.2) is 4.39 Å². The van der Waals surface area contributed by atoms with E-state index in [-0.39, 0.29) is 5.82 Å². The minimum Gasteiger partial charge on any atom is -0.384 e. The first-order valence-corrected chi connectivity index (χ1v) is 5.99. The number of anilines is 1. The summed E-state index contributed by atoms with van der Waals surface area (Å²) in [5, 5.41) is 4.24. The van der Waals surface area contributed by atoms with Gasteiger partial charge < -0.3 is 5.32 Å². The molecule has 2 aromatic rings. The molecule has 1 N–H and O–H groups in total. The van der Waals surface area contributed by atoms with Crippen LogP contribution in [0.2, 0.25) is 0 Å². The smallest absolute Gasteiger partial charge is 0.139 e. The first kappa shape index (κ1) is 11.3. The van der Waals surface area contributed by atoms with Crippen molar-refractivity contribution in [1.29, 1.82) is 0 Å². The van der Waals surface area contributed by atoms with Crippen molar-refractivity contribution in [3.63, 3.8) is 0 Å². The standard InChI is InChI=1S/C12H12BrFN2/c1-2-4-15-11-3-5-16-12-7-10(14)9(13)6-8(11)12/h3,5-7H,2,4H2,1H3,(H,15,16). The maximum absolute atomic E-state index is 13.3. The zero-order chi connectivity index (χ0) is 11.5. The molecular formula is C12H12BrFN2. The van der Waals surface area contributed by atoms with Crippen LogP contribution >= 0.6 is 15.9 Å². The Labute approximate surface area is 102 Å². The van der Waals surface area contributed by atoms with E-state index in [0.29, 0.717) is 9.99 Å². The van der Waals surface area contributed by atoms with Gasteiger partial charge in [0, 0.05) is 29.9 Å². The van der Waals surface area contributed by atoms with Crippen LogP contribution in [-0.2, 0) is 0 Å². The fourth-order valence-electron chi connectivity index (χ4n) is 1.55. The van der Waals surface area contributed by atoms with Crippen molar-refractivity contribution in [2.75, 3.05) is 11.9 Å². The highest BCUT2D eigenvalue weighted by Gasteiger charge is 2.06. The van der Waals surface area contributed by atoms with Crippen LogP contribution in [0.3, 0.4) is 0 Å². The average Bonchev–Trinajstić information content (AvgIpc) is 2.28. The Morgan fingerprint density at radius 1 is 1.44 bits per heavy atom. The van der Waals surface area contributed by atoms with Gasteiger partial charge in [-0.3, -0.25) is 4.98 Å². The second-order valence-corrected chi connectivity index (χ2v) is 4.42. The summed E-state index contributed by atoms with van der Waals surface area (Å²) in [6, 6.07) is 5.11. The number of nitrogens with zero attached hydrogens (tertiary/aromatic N) is 1. The molecule has 0 aliphatic rings. The van der Waals surface area contributed by atoms with E-state index >= 15 is 0 Å². The number of aromatic nitrogens is 1. The average molecular weight is 283 g/mol. The second kappa shape index (κ2) is 4.78. The minimum absolute atomic E-state index is 0.285. The highest BCUT2D eigenvalue weighted by Crippen LogP contribution is 2.27. The van der Waals surface area contributed by atoms with Crippen molar-refractivity contribution in [2.24, 2.45) is 0 Å². The summed E-state index contributed by atoms with van der Waals surface area (Å²) in [5.74, 6) is -0.285. The maximum Gasteiger partial charge on any atom is 0.139 e. The highest BCUT2D eigenvalue weighted by molar-refractivity contribution is 9.10. The number of rotatable bonds is 3. The predicted molar refractivity (Wildman–Crippen MR) is 68.2 cm³/mol. The summed E-state index contributed by atoms with van der Waals surface area (Å²) < 4.78 is 13.8. The largest absolute Gasteiger partial charge is 0.384 e. The van der Waals surface area contributed by atoms with Crippen molar-refractivity contribution in [2.45, 2.75) is 13.3 Å². The molecule has 0 aliphatic carbocycles. The molecule has 0 fully saturated rings. The first-order valence-electron chi connectivity index (χ1n) is 5.20. The Morgan fingerprint density at radius 2 is 2.25 bits per heavy atom. The monoisotopic (exact) mass is 282 g/mol. The molecule has 0 amide bonds. The van der Waals surface area contributed by atoms with Crippen molar-refractivity contribution >= 4 is 32.5 Å². The van der Waals surface area contributed by atoms with Gasteiger partial charge >= 0.3 is 0 Å². The lowest BCUT2D eigenvalue weighted by Crippen LogP contribution is -2.00. The zero-order valence-electron chi connectivity index (χ0n) is 8.93.